The Kier molecular flexibility index (Phi) is 7.48. The zero-order valence-corrected chi connectivity index (χ0v) is 23.8. The number of aryl methyl sites for hydroxylation is 3. The van der Waals surface area contributed by atoms with E-state index in [-0.39, 0.29) is 22.6 Å². The van der Waals surface area contributed by atoms with Crippen molar-refractivity contribution in [2.75, 3.05) is 17.6 Å². The predicted octanol–water partition coefficient (Wildman–Crippen LogP) is 5.49. The first kappa shape index (κ1) is 26.6. The average molecular weight is 552 g/mol. The summed E-state index contributed by atoms with van der Waals surface area (Å²) in [5, 5.41) is 13.4. The van der Waals surface area contributed by atoms with Gasteiger partial charge >= 0.3 is 0 Å². The van der Waals surface area contributed by atoms with Crippen LogP contribution in [-0.4, -0.2) is 51.6 Å². The van der Waals surface area contributed by atoms with Crippen molar-refractivity contribution in [2.45, 2.75) is 69.5 Å². The fraction of sp³-hybridized carbons (Fsp3) is 0.393. The summed E-state index contributed by atoms with van der Waals surface area (Å²) < 4.78 is 30.1. The van der Waals surface area contributed by atoms with E-state index in [1.54, 1.807) is 28.6 Å². The highest BCUT2D eigenvalue weighted by molar-refractivity contribution is 7.99. The number of hydrogen-bond donors (Lipinski definition) is 1. The molecule has 2 aromatic carbocycles. The van der Waals surface area contributed by atoms with Crippen LogP contribution >= 0.6 is 11.8 Å². The molecule has 2 aromatic heterocycles. The van der Waals surface area contributed by atoms with Gasteiger partial charge in [0, 0.05) is 23.7 Å². The Morgan fingerprint density at radius 1 is 1.05 bits per heavy atom. The summed E-state index contributed by atoms with van der Waals surface area (Å²) in [7, 11) is -3.56. The van der Waals surface area contributed by atoms with Gasteiger partial charge in [0.2, 0.25) is 15.9 Å². The lowest BCUT2D eigenvalue weighted by molar-refractivity contribution is -0.113. The van der Waals surface area contributed by atoms with Crippen LogP contribution in [0.15, 0.2) is 52.5 Å². The van der Waals surface area contributed by atoms with Crippen LogP contribution in [0.25, 0.3) is 16.6 Å². The van der Waals surface area contributed by atoms with Gasteiger partial charge in [-0.05, 0) is 93.1 Å². The molecule has 38 heavy (non-hydrogen) atoms. The molecule has 0 spiro atoms. The summed E-state index contributed by atoms with van der Waals surface area (Å²) in [6, 6.07) is 12.9. The number of thioether (sulfide) groups is 1. The summed E-state index contributed by atoms with van der Waals surface area (Å²) in [5.74, 6) is -0.0544. The molecule has 0 saturated carbocycles. The van der Waals surface area contributed by atoms with Gasteiger partial charge in [-0.15, -0.1) is 10.2 Å². The van der Waals surface area contributed by atoms with Crippen LogP contribution < -0.4 is 5.32 Å². The minimum absolute atomic E-state index is 0.0483. The molecule has 200 valence electrons. The third-order valence-electron chi connectivity index (χ3n) is 7.22. The van der Waals surface area contributed by atoms with Crippen molar-refractivity contribution >= 4 is 49.9 Å². The molecule has 0 radical (unpaired) electrons. The number of pyridine rings is 1. The minimum atomic E-state index is -3.56. The van der Waals surface area contributed by atoms with Crippen molar-refractivity contribution in [2.24, 2.45) is 0 Å². The first-order valence-corrected chi connectivity index (χ1v) is 15.4. The van der Waals surface area contributed by atoms with Crippen LogP contribution in [-0.2, 0) is 14.8 Å². The topological polar surface area (TPSA) is 96.7 Å². The molecule has 5 rings (SSSR count). The van der Waals surface area contributed by atoms with Gasteiger partial charge in [0.1, 0.15) is 0 Å². The molecule has 8 nitrogen and oxygen atoms in total. The molecule has 0 bridgehead atoms. The number of benzene rings is 2. The maximum absolute atomic E-state index is 13.2. The SMILES string of the molecule is CC[C@H]1CCCCN1S(=O)(=O)c1ccc(NC(=O)CSc2nnc3c(C)cc4c(C)cc(C)cc4n23)cc1. The van der Waals surface area contributed by atoms with Crippen LogP contribution in [0.3, 0.4) is 0 Å². The zero-order valence-electron chi connectivity index (χ0n) is 22.2. The zero-order chi connectivity index (χ0) is 27.0. The number of nitrogens with zero attached hydrogens (tertiary/aromatic N) is 4. The Labute approximate surface area is 227 Å². The van der Waals surface area contributed by atoms with Gasteiger partial charge in [-0.3, -0.25) is 9.20 Å². The van der Waals surface area contributed by atoms with E-state index < -0.39 is 10.0 Å². The first-order chi connectivity index (χ1) is 18.2. The van der Waals surface area contributed by atoms with E-state index in [0.29, 0.717) is 17.4 Å². The minimum Gasteiger partial charge on any atom is -0.325 e. The molecule has 1 atom stereocenters. The van der Waals surface area contributed by atoms with Gasteiger partial charge in [0.05, 0.1) is 16.2 Å². The third-order valence-corrected chi connectivity index (χ3v) is 10.1. The monoisotopic (exact) mass is 551 g/mol. The van der Waals surface area contributed by atoms with E-state index in [9.17, 15) is 13.2 Å². The molecule has 1 aliphatic rings. The third kappa shape index (κ3) is 5.04. The number of fused-ring (bicyclic) bond motifs is 3. The number of carbonyl (C=O) groups is 1. The van der Waals surface area contributed by atoms with Crippen LogP contribution in [0.1, 0.15) is 49.3 Å². The quantitative estimate of drug-likeness (QED) is 0.305. The fourth-order valence-corrected chi connectivity index (χ4v) is 7.83. The summed E-state index contributed by atoms with van der Waals surface area (Å²) in [6.07, 6.45) is 3.66. The predicted molar refractivity (Wildman–Crippen MR) is 152 cm³/mol. The van der Waals surface area contributed by atoms with Gasteiger partial charge in [0.15, 0.2) is 10.8 Å². The van der Waals surface area contributed by atoms with E-state index >= 15 is 0 Å². The second-order valence-electron chi connectivity index (χ2n) is 10.0. The molecule has 0 unspecified atom stereocenters. The van der Waals surface area contributed by atoms with Crippen LogP contribution in [0.2, 0.25) is 0 Å². The van der Waals surface area contributed by atoms with Gasteiger partial charge in [-0.2, -0.15) is 4.31 Å². The number of aromatic nitrogens is 3. The number of rotatable bonds is 7. The van der Waals surface area contributed by atoms with Gasteiger partial charge in [0.25, 0.3) is 0 Å². The van der Waals surface area contributed by atoms with Crippen molar-refractivity contribution in [1.82, 2.24) is 18.9 Å². The largest absolute Gasteiger partial charge is 0.325 e. The van der Waals surface area contributed by atoms with Gasteiger partial charge < -0.3 is 5.32 Å². The molecule has 0 aliphatic carbocycles. The van der Waals surface area contributed by atoms with Crippen molar-refractivity contribution in [3.63, 3.8) is 0 Å². The number of sulfonamides is 1. The smallest absolute Gasteiger partial charge is 0.243 e. The summed E-state index contributed by atoms with van der Waals surface area (Å²) in [5.41, 5.74) is 5.71. The molecule has 1 aliphatic heterocycles. The molecule has 1 fully saturated rings. The van der Waals surface area contributed by atoms with Gasteiger partial charge in [-0.1, -0.05) is 31.2 Å². The Morgan fingerprint density at radius 2 is 1.82 bits per heavy atom. The maximum atomic E-state index is 13.2. The lowest BCUT2D eigenvalue weighted by Crippen LogP contribution is -2.43. The lowest BCUT2D eigenvalue weighted by atomic mass is 10.0. The Hall–Kier alpha value is -2.95. The maximum Gasteiger partial charge on any atom is 0.243 e. The average Bonchev–Trinajstić information content (AvgIpc) is 3.34. The molecular weight excluding hydrogens is 518 g/mol. The first-order valence-electron chi connectivity index (χ1n) is 13.0. The van der Waals surface area contributed by atoms with Crippen molar-refractivity contribution in [1.29, 1.82) is 0 Å². The Morgan fingerprint density at radius 3 is 2.55 bits per heavy atom. The highest BCUT2D eigenvalue weighted by atomic mass is 32.2. The Balaban J connectivity index is 1.30. The van der Waals surface area contributed by atoms with E-state index in [0.717, 1.165) is 53.4 Å². The lowest BCUT2D eigenvalue weighted by Gasteiger charge is -2.34. The number of carbonyl (C=O) groups excluding carboxylic acids is 1. The van der Waals surface area contributed by atoms with E-state index in [1.165, 1.54) is 17.3 Å². The molecule has 1 amide bonds. The number of hydrogen-bond acceptors (Lipinski definition) is 6. The molecule has 1 saturated heterocycles. The van der Waals surface area contributed by atoms with Crippen molar-refractivity contribution in [3.8, 4) is 0 Å². The van der Waals surface area contributed by atoms with E-state index in [4.69, 9.17) is 0 Å². The van der Waals surface area contributed by atoms with Crippen LogP contribution in [0.4, 0.5) is 5.69 Å². The van der Waals surface area contributed by atoms with Crippen molar-refractivity contribution in [3.05, 3.63) is 59.2 Å². The Bertz CT molecular complexity index is 1610. The van der Waals surface area contributed by atoms with Crippen LogP contribution in [0, 0.1) is 20.8 Å². The van der Waals surface area contributed by atoms with Crippen LogP contribution in [0.5, 0.6) is 0 Å². The highest BCUT2D eigenvalue weighted by Crippen LogP contribution is 2.30. The number of amides is 1. The van der Waals surface area contributed by atoms with Crippen molar-refractivity contribution < 1.29 is 13.2 Å². The number of piperidine rings is 1. The standard InChI is InChI=1S/C28H33N5O3S2/c1-5-22-8-6-7-13-32(22)38(35,36)23-11-9-21(10-12-23)29-26(34)17-37-28-31-30-27-20(4)16-24-19(3)14-18(2)15-25(24)33(27)28/h9-12,14-16,22H,5-8,13,17H2,1-4H3,(H,29,34)/t22-/m0/s1. The molecule has 4 aromatic rings. The van der Waals surface area contributed by atoms with E-state index in [1.807, 2.05) is 18.2 Å². The summed E-state index contributed by atoms with van der Waals surface area (Å²) >= 11 is 1.32. The second-order valence-corrected chi connectivity index (χ2v) is 12.9. The molecule has 3 heterocycles. The van der Waals surface area contributed by atoms with Gasteiger partial charge in [-0.25, -0.2) is 8.42 Å². The normalized spacial score (nSPS) is 16.8. The fourth-order valence-electron chi connectivity index (χ4n) is 5.32. The summed E-state index contributed by atoms with van der Waals surface area (Å²) in [6.45, 7) is 8.76. The summed E-state index contributed by atoms with van der Waals surface area (Å²) in [4.78, 5) is 13.0. The highest BCUT2D eigenvalue weighted by Gasteiger charge is 2.32. The molecular formula is C28H33N5O3S2. The molecule has 10 heteroatoms. The number of nitrogens with one attached hydrogen (secondary N) is 1. The number of anilines is 1. The molecule has 1 N–H and O–H groups in total. The second kappa shape index (κ2) is 10.7. The van der Waals surface area contributed by atoms with E-state index in [2.05, 4.69) is 47.6 Å².